The third-order valence-corrected chi connectivity index (χ3v) is 6.40. The van der Waals surface area contributed by atoms with Crippen LogP contribution in [-0.4, -0.2) is 38.6 Å². The van der Waals surface area contributed by atoms with Gasteiger partial charge in [0.05, 0.1) is 6.54 Å². The van der Waals surface area contributed by atoms with Gasteiger partial charge in [-0.3, -0.25) is 0 Å². The van der Waals surface area contributed by atoms with Crippen molar-refractivity contribution < 1.29 is 8.42 Å². The van der Waals surface area contributed by atoms with Gasteiger partial charge in [0.2, 0.25) is 0 Å². The highest BCUT2D eigenvalue weighted by molar-refractivity contribution is 7.92. The predicted molar refractivity (Wildman–Crippen MR) is 82.7 cm³/mol. The largest absolute Gasteiger partial charge is 0.370 e. The lowest BCUT2D eigenvalue weighted by molar-refractivity contribution is 0.277. The van der Waals surface area contributed by atoms with E-state index in [9.17, 15) is 8.42 Å². The molecule has 0 aliphatic carbocycles. The lowest BCUT2D eigenvalue weighted by Gasteiger charge is -2.30. The number of aliphatic imine (C=N–C) groups is 1. The lowest BCUT2D eigenvalue weighted by Crippen LogP contribution is -2.42. The Morgan fingerprint density at radius 3 is 2.65 bits per heavy atom. The molecule has 0 unspecified atom stereocenters. The van der Waals surface area contributed by atoms with E-state index < -0.39 is 9.84 Å². The number of sulfone groups is 1. The van der Waals surface area contributed by atoms with Crippen molar-refractivity contribution in [1.29, 1.82) is 0 Å². The highest BCUT2D eigenvalue weighted by Gasteiger charge is 2.17. The number of nitrogens with two attached hydrogens (primary N) is 1. The average molecular weight is 315 g/mol. The molecule has 1 fully saturated rings. The molecule has 112 valence electrons. The minimum Gasteiger partial charge on any atom is -0.370 e. The zero-order chi connectivity index (χ0) is 14.8. The van der Waals surface area contributed by atoms with Gasteiger partial charge in [0, 0.05) is 24.2 Å². The number of piperidine rings is 1. The van der Waals surface area contributed by atoms with Crippen molar-refractivity contribution in [3.8, 4) is 0 Å². The fourth-order valence-corrected chi connectivity index (χ4v) is 4.04. The minimum atomic E-state index is -3.12. The topological polar surface area (TPSA) is 75.8 Å². The molecule has 7 heteroatoms. The summed E-state index contributed by atoms with van der Waals surface area (Å²) in [6.45, 7) is 4.60. The Hall–Kier alpha value is -1.08. The maximum atomic E-state index is 11.4. The fourth-order valence-electron chi connectivity index (χ4n) is 2.14. The number of nitrogens with zero attached hydrogens (tertiary/aromatic N) is 2. The molecular formula is C13H21N3O2S2. The van der Waals surface area contributed by atoms with Crippen molar-refractivity contribution in [2.24, 2.45) is 16.6 Å². The van der Waals surface area contributed by atoms with Gasteiger partial charge in [-0.05, 0) is 30.9 Å². The summed E-state index contributed by atoms with van der Waals surface area (Å²) in [5.41, 5.74) is 6.00. The van der Waals surface area contributed by atoms with Gasteiger partial charge in [-0.15, -0.1) is 11.3 Å². The van der Waals surface area contributed by atoms with Gasteiger partial charge in [0.15, 0.2) is 15.8 Å². The standard InChI is InChI=1S/C13H21N3O2S2/c1-10-5-7-16(8-6-10)13(14)15-9-11-3-4-12(19-11)20(2,17)18/h3-4,10H,5-9H2,1-2H3,(H2,14,15). The van der Waals surface area contributed by atoms with Crippen LogP contribution in [0.2, 0.25) is 0 Å². The summed E-state index contributed by atoms with van der Waals surface area (Å²) in [5.74, 6) is 1.32. The van der Waals surface area contributed by atoms with Crippen molar-refractivity contribution >= 4 is 27.1 Å². The Balaban J connectivity index is 1.96. The predicted octanol–water partition coefficient (Wildman–Crippen LogP) is 1.70. The normalized spacial score (nSPS) is 18.5. The number of likely N-dealkylation sites (tertiary alicyclic amines) is 1. The van der Waals surface area contributed by atoms with E-state index in [0.29, 0.717) is 16.7 Å². The van der Waals surface area contributed by atoms with Crippen molar-refractivity contribution in [3.63, 3.8) is 0 Å². The van der Waals surface area contributed by atoms with Gasteiger partial charge < -0.3 is 10.6 Å². The highest BCUT2D eigenvalue weighted by atomic mass is 32.2. The maximum Gasteiger partial charge on any atom is 0.191 e. The van der Waals surface area contributed by atoms with E-state index in [2.05, 4.69) is 16.8 Å². The van der Waals surface area contributed by atoms with Gasteiger partial charge in [0.25, 0.3) is 0 Å². The van der Waals surface area contributed by atoms with Crippen LogP contribution in [0, 0.1) is 5.92 Å². The van der Waals surface area contributed by atoms with Crippen molar-refractivity contribution in [2.45, 2.75) is 30.5 Å². The van der Waals surface area contributed by atoms with E-state index in [1.165, 1.54) is 17.6 Å². The van der Waals surface area contributed by atoms with Crippen LogP contribution in [0.5, 0.6) is 0 Å². The highest BCUT2D eigenvalue weighted by Crippen LogP contribution is 2.22. The van der Waals surface area contributed by atoms with Crippen molar-refractivity contribution in [3.05, 3.63) is 17.0 Å². The zero-order valence-electron chi connectivity index (χ0n) is 11.9. The fraction of sp³-hybridized carbons (Fsp3) is 0.615. The number of hydrogen-bond donors (Lipinski definition) is 1. The van der Waals surface area contributed by atoms with Crippen LogP contribution < -0.4 is 5.73 Å². The number of hydrogen-bond acceptors (Lipinski definition) is 4. The molecule has 2 rings (SSSR count). The Morgan fingerprint density at radius 2 is 2.10 bits per heavy atom. The minimum absolute atomic E-state index is 0.382. The number of thiophene rings is 1. The molecule has 0 bridgehead atoms. The van der Waals surface area contributed by atoms with E-state index in [4.69, 9.17) is 5.73 Å². The second kappa shape index (κ2) is 6.13. The van der Waals surface area contributed by atoms with Crippen molar-refractivity contribution in [1.82, 2.24) is 4.90 Å². The smallest absolute Gasteiger partial charge is 0.191 e. The molecule has 1 aliphatic rings. The van der Waals surface area contributed by atoms with Crippen LogP contribution in [0.3, 0.4) is 0 Å². The molecule has 1 aromatic rings. The van der Waals surface area contributed by atoms with E-state index in [-0.39, 0.29) is 0 Å². The Morgan fingerprint density at radius 1 is 1.45 bits per heavy atom. The number of rotatable bonds is 3. The van der Waals surface area contributed by atoms with E-state index in [1.54, 1.807) is 12.1 Å². The van der Waals surface area contributed by atoms with Gasteiger partial charge in [-0.25, -0.2) is 13.4 Å². The summed E-state index contributed by atoms with van der Waals surface area (Å²) < 4.78 is 23.2. The maximum absolute atomic E-state index is 11.4. The molecule has 0 spiro atoms. The van der Waals surface area contributed by atoms with Crippen LogP contribution in [0.25, 0.3) is 0 Å². The lowest BCUT2D eigenvalue weighted by atomic mass is 10.00. The molecule has 0 amide bonds. The third-order valence-electron chi connectivity index (χ3n) is 3.51. The summed E-state index contributed by atoms with van der Waals surface area (Å²) in [6, 6.07) is 3.43. The second-order valence-corrected chi connectivity index (χ2v) is 8.75. The van der Waals surface area contributed by atoms with Crippen LogP contribution in [0.1, 0.15) is 24.6 Å². The Bertz CT molecular complexity index is 585. The summed E-state index contributed by atoms with van der Waals surface area (Å²) >= 11 is 1.26. The summed E-state index contributed by atoms with van der Waals surface area (Å²) in [6.07, 6.45) is 3.51. The van der Waals surface area contributed by atoms with Gasteiger partial charge in [-0.1, -0.05) is 6.92 Å². The molecule has 0 atom stereocenters. The molecule has 1 aliphatic heterocycles. The molecule has 20 heavy (non-hydrogen) atoms. The molecule has 1 aromatic heterocycles. The van der Waals surface area contributed by atoms with Gasteiger partial charge in [0.1, 0.15) is 4.21 Å². The SMILES string of the molecule is CC1CCN(C(N)=NCc2ccc(S(C)(=O)=O)s2)CC1. The molecule has 0 aromatic carbocycles. The third kappa shape index (κ3) is 3.96. The first-order valence-electron chi connectivity index (χ1n) is 6.70. The molecular weight excluding hydrogens is 294 g/mol. The second-order valence-electron chi connectivity index (χ2n) is 5.34. The molecule has 2 N–H and O–H groups in total. The number of guanidine groups is 1. The Labute approximate surface area is 124 Å². The molecule has 5 nitrogen and oxygen atoms in total. The summed E-state index contributed by atoms with van der Waals surface area (Å²) in [5, 5.41) is 0. The summed E-state index contributed by atoms with van der Waals surface area (Å²) in [4.78, 5) is 7.39. The monoisotopic (exact) mass is 315 g/mol. The van der Waals surface area contributed by atoms with Crippen LogP contribution in [0.4, 0.5) is 0 Å². The first-order chi connectivity index (χ1) is 9.36. The van der Waals surface area contributed by atoms with E-state index in [0.717, 1.165) is 36.7 Å². The van der Waals surface area contributed by atoms with Crippen LogP contribution in [0.15, 0.2) is 21.3 Å². The van der Waals surface area contributed by atoms with Gasteiger partial charge >= 0.3 is 0 Å². The van der Waals surface area contributed by atoms with Crippen LogP contribution in [-0.2, 0) is 16.4 Å². The van der Waals surface area contributed by atoms with E-state index in [1.807, 2.05) is 0 Å². The molecule has 0 radical (unpaired) electrons. The first kappa shape index (κ1) is 15.3. The van der Waals surface area contributed by atoms with E-state index >= 15 is 0 Å². The molecule has 0 saturated carbocycles. The molecule has 2 heterocycles. The summed E-state index contributed by atoms with van der Waals surface area (Å²) in [7, 11) is -3.12. The Kier molecular flexibility index (Phi) is 4.70. The zero-order valence-corrected chi connectivity index (χ0v) is 13.5. The first-order valence-corrected chi connectivity index (χ1v) is 9.40. The quantitative estimate of drug-likeness (QED) is 0.680. The van der Waals surface area contributed by atoms with Gasteiger partial charge in [-0.2, -0.15) is 0 Å². The van der Waals surface area contributed by atoms with Crippen LogP contribution >= 0.6 is 11.3 Å². The molecule has 1 saturated heterocycles. The van der Waals surface area contributed by atoms with Crippen molar-refractivity contribution in [2.75, 3.05) is 19.3 Å². The average Bonchev–Trinajstić information content (AvgIpc) is 2.85.